The third-order valence-corrected chi connectivity index (χ3v) is 17.2. The van der Waals surface area contributed by atoms with Crippen LogP contribution >= 0.6 is 0 Å². The van der Waals surface area contributed by atoms with Crippen molar-refractivity contribution in [1.29, 1.82) is 0 Å². The third-order valence-electron chi connectivity index (χ3n) is 17.2. The second kappa shape index (κ2) is 14.8. The zero-order chi connectivity index (χ0) is 48.2. The van der Waals surface area contributed by atoms with Crippen LogP contribution < -0.4 is 4.90 Å². The first-order valence-corrected chi connectivity index (χ1v) is 25.7. The highest BCUT2D eigenvalue weighted by molar-refractivity contribution is 6.26. The molecule has 3 aliphatic carbocycles. The van der Waals surface area contributed by atoms with Gasteiger partial charge in [0.2, 0.25) is 0 Å². The minimum atomic E-state index is -0.539. The van der Waals surface area contributed by atoms with E-state index < -0.39 is 5.41 Å². The topological polar surface area (TPSA) is 3.24 Å². The van der Waals surface area contributed by atoms with E-state index in [1.54, 1.807) is 0 Å². The van der Waals surface area contributed by atoms with Crippen molar-refractivity contribution in [3.8, 4) is 44.5 Å². The van der Waals surface area contributed by atoms with Gasteiger partial charge in [0, 0.05) is 22.4 Å². The molecule has 0 radical (unpaired) electrons. The zero-order valence-corrected chi connectivity index (χ0v) is 40.6. The fraction of sp³-hybridized carbons (Fsp3) is 0.0556. The highest BCUT2D eigenvalue weighted by atomic mass is 15.1. The summed E-state index contributed by atoms with van der Waals surface area (Å²) in [5.74, 6) is 0. The van der Waals surface area contributed by atoms with Gasteiger partial charge in [0.05, 0.1) is 11.1 Å². The van der Waals surface area contributed by atoms with Gasteiger partial charge in [-0.15, -0.1) is 0 Å². The lowest BCUT2D eigenvalue weighted by atomic mass is 9.70. The van der Waals surface area contributed by atoms with Gasteiger partial charge >= 0.3 is 0 Å². The van der Waals surface area contributed by atoms with Crippen LogP contribution in [0.25, 0.3) is 98.4 Å². The van der Waals surface area contributed by atoms with Crippen LogP contribution in [0.1, 0.15) is 47.2 Å². The van der Waals surface area contributed by atoms with E-state index >= 15 is 0 Å². The van der Waals surface area contributed by atoms with Crippen LogP contribution in [-0.4, -0.2) is 0 Å². The Morgan fingerprint density at radius 2 is 0.658 bits per heavy atom. The molecular weight excluding hydrogens is 879 g/mol. The molecule has 13 aromatic rings. The van der Waals surface area contributed by atoms with Crippen molar-refractivity contribution in [2.75, 3.05) is 4.90 Å². The molecule has 1 heteroatoms. The third kappa shape index (κ3) is 5.36. The van der Waals surface area contributed by atoms with Crippen molar-refractivity contribution >= 4 is 70.9 Å². The lowest BCUT2D eigenvalue weighted by Gasteiger charge is -2.34. The maximum Gasteiger partial charge on any atom is 0.0726 e. The summed E-state index contributed by atoms with van der Waals surface area (Å²) < 4.78 is 0. The highest BCUT2D eigenvalue weighted by Crippen LogP contribution is 2.65. The average molecular weight is 926 g/mol. The van der Waals surface area contributed by atoms with Gasteiger partial charge in [0.1, 0.15) is 0 Å². The Kier molecular flexibility index (Phi) is 8.22. The molecule has 16 rings (SSSR count). The lowest BCUT2D eigenvalue weighted by molar-refractivity contribution is 0.660. The maximum atomic E-state index is 2.61. The molecule has 13 aromatic carbocycles. The van der Waals surface area contributed by atoms with Crippen molar-refractivity contribution in [2.24, 2.45) is 0 Å². The van der Waals surface area contributed by atoms with E-state index in [1.807, 2.05) is 0 Å². The van der Waals surface area contributed by atoms with Crippen LogP contribution in [0.15, 0.2) is 249 Å². The second-order valence-electron chi connectivity index (χ2n) is 21.0. The van der Waals surface area contributed by atoms with Crippen LogP contribution in [0.5, 0.6) is 0 Å². The molecule has 0 saturated carbocycles. The van der Waals surface area contributed by atoms with Gasteiger partial charge in [-0.3, -0.25) is 0 Å². The number of fused-ring (bicyclic) bond motifs is 22. The van der Waals surface area contributed by atoms with Crippen molar-refractivity contribution in [3.05, 3.63) is 282 Å². The largest absolute Gasteiger partial charge is 0.310 e. The minimum absolute atomic E-state index is 0.137. The maximum absolute atomic E-state index is 2.61. The Labute approximate surface area is 424 Å². The zero-order valence-electron chi connectivity index (χ0n) is 40.6. The van der Waals surface area contributed by atoms with Crippen molar-refractivity contribution in [2.45, 2.75) is 24.7 Å². The standard InChI is InChI=1S/C72H47N/c1-71(2)64-31-15-11-29-57(64)61-41-46(36-38-65(61)71)73(45-35-37-54-51-24-7-6-22-49(51)50-23-8-10-26-53(50)60(54)40-45)70-43-69-62(42-63(70)59-39-44-19-3-4-20-47(44)48-21-5-9-25-52(48)59)58-30-14-18-34-68(58)72(69)66-32-16-12-27-55(66)56-28-13-17-33-67(56)72/h3-43H,1-2H3. The number of anilines is 3. The van der Waals surface area contributed by atoms with E-state index in [9.17, 15) is 0 Å². The number of benzene rings is 13. The Balaban J connectivity index is 1.08. The summed E-state index contributed by atoms with van der Waals surface area (Å²) in [4.78, 5) is 2.61. The van der Waals surface area contributed by atoms with Gasteiger partial charge < -0.3 is 4.90 Å². The van der Waals surface area contributed by atoms with Crippen LogP contribution in [-0.2, 0) is 10.8 Å². The highest BCUT2D eigenvalue weighted by Gasteiger charge is 2.52. The van der Waals surface area contributed by atoms with Crippen LogP contribution in [0, 0.1) is 0 Å². The monoisotopic (exact) mass is 925 g/mol. The molecule has 0 bridgehead atoms. The van der Waals surface area contributed by atoms with Crippen molar-refractivity contribution < 1.29 is 0 Å². The first kappa shape index (κ1) is 40.7. The lowest BCUT2D eigenvalue weighted by Crippen LogP contribution is -2.26. The van der Waals surface area contributed by atoms with Gasteiger partial charge in [0.15, 0.2) is 0 Å². The van der Waals surface area contributed by atoms with Gasteiger partial charge in [-0.05, 0) is 169 Å². The van der Waals surface area contributed by atoms with E-state index in [2.05, 4.69) is 267 Å². The molecule has 0 N–H and O–H groups in total. The van der Waals surface area contributed by atoms with Gasteiger partial charge in [-0.25, -0.2) is 0 Å². The fourth-order valence-electron chi connectivity index (χ4n) is 14.1. The Morgan fingerprint density at radius 1 is 0.247 bits per heavy atom. The predicted octanol–water partition coefficient (Wildman–Crippen LogP) is 19.2. The van der Waals surface area contributed by atoms with Gasteiger partial charge in [0.25, 0.3) is 0 Å². The molecule has 340 valence electrons. The molecule has 0 aliphatic heterocycles. The second-order valence-corrected chi connectivity index (χ2v) is 21.0. The first-order chi connectivity index (χ1) is 36.0. The van der Waals surface area contributed by atoms with Crippen molar-refractivity contribution in [3.63, 3.8) is 0 Å². The van der Waals surface area contributed by atoms with E-state index in [1.165, 1.54) is 132 Å². The number of nitrogens with zero attached hydrogens (tertiary/aromatic N) is 1. The molecule has 0 heterocycles. The molecular formula is C72H47N. The summed E-state index contributed by atoms with van der Waals surface area (Å²) in [6.07, 6.45) is 0. The molecule has 0 aromatic heterocycles. The van der Waals surface area contributed by atoms with E-state index in [0.717, 1.165) is 17.1 Å². The molecule has 0 amide bonds. The average Bonchev–Trinajstić information content (AvgIpc) is 4.01. The van der Waals surface area contributed by atoms with E-state index in [-0.39, 0.29) is 5.41 Å². The smallest absolute Gasteiger partial charge is 0.0726 e. The first-order valence-electron chi connectivity index (χ1n) is 25.7. The van der Waals surface area contributed by atoms with Crippen LogP contribution in [0.2, 0.25) is 0 Å². The van der Waals surface area contributed by atoms with Gasteiger partial charge in [-0.1, -0.05) is 220 Å². The number of rotatable bonds is 4. The van der Waals surface area contributed by atoms with Crippen LogP contribution in [0.3, 0.4) is 0 Å². The summed E-state index contributed by atoms with van der Waals surface area (Å²) in [7, 11) is 0. The Morgan fingerprint density at radius 3 is 1.27 bits per heavy atom. The van der Waals surface area contributed by atoms with E-state index in [0.29, 0.717) is 0 Å². The quantitative estimate of drug-likeness (QED) is 0.159. The molecule has 0 saturated heterocycles. The Hall–Kier alpha value is -9.04. The SMILES string of the molecule is CC1(C)c2ccccc2-c2cc(N(c3ccc4c5ccccc5c5ccccc5c4c3)c3cc4c(cc3-c3cc5ccccc5c5ccccc35)-c3ccccc3C43c4ccccc4-c4ccccc43)ccc21. The molecule has 3 aliphatic rings. The molecule has 0 unspecified atom stereocenters. The van der Waals surface area contributed by atoms with E-state index in [4.69, 9.17) is 0 Å². The summed E-state index contributed by atoms with van der Waals surface area (Å²) >= 11 is 0. The van der Waals surface area contributed by atoms with Crippen LogP contribution in [0.4, 0.5) is 17.1 Å². The predicted molar refractivity (Wildman–Crippen MR) is 308 cm³/mol. The number of hydrogen-bond donors (Lipinski definition) is 0. The summed E-state index contributed by atoms with van der Waals surface area (Å²) in [6.45, 7) is 4.76. The van der Waals surface area contributed by atoms with Gasteiger partial charge in [-0.2, -0.15) is 0 Å². The summed E-state index contributed by atoms with van der Waals surface area (Å²) in [6, 6.07) is 94.6. The molecule has 1 nitrogen and oxygen atoms in total. The number of hydrogen-bond acceptors (Lipinski definition) is 1. The van der Waals surface area contributed by atoms with Crippen molar-refractivity contribution in [1.82, 2.24) is 0 Å². The Bertz CT molecular complexity index is 4470. The normalized spacial score (nSPS) is 14.1. The fourth-order valence-corrected chi connectivity index (χ4v) is 14.1. The molecule has 1 spiro atoms. The molecule has 73 heavy (non-hydrogen) atoms. The molecule has 0 atom stereocenters. The summed E-state index contributed by atoms with van der Waals surface area (Å²) in [5, 5.41) is 12.5. The summed E-state index contributed by atoms with van der Waals surface area (Å²) in [5.41, 5.74) is 20.9. The minimum Gasteiger partial charge on any atom is -0.310 e. The molecule has 0 fully saturated rings.